The number of carbonyl (C=O) groups is 3. The first kappa shape index (κ1) is 31.6. The van der Waals surface area contributed by atoms with E-state index in [1.807, 2.05) is 0 Å². The first-order valence-electron chi connectivity index (χ1n) is 13.9. The molecule has 3 amide bonds. The highest BCUT2D eigenvalue weighted by Gasteiger charge is 2.32. The highest BCUT2D eigenvalue weighted by Crippen LogP contribution is 2.35. The SMILES string of the molecule is Cn1c(-c2ccc(OCF)c(F)c2Cl)cnc1C(=O)Nc1ccc(C(=O)N2CCC(C(=O)N[C@@H]3CNC[C@H]3O)CC2)c(Cl)c1. The second-order valence-electron chi connectivity index (χ2n) is 10.6. The van der Waals surface area contributed by atoms with Crippen molar-refractivity contribution in [1.29, 1.82) is 0 Å². The van der Waals surface area contributed by atoms with E-state index in [1.54, 1.807) is 11.9 Å². The van der Waals surface area contributed by atoms with Crippen LogP contribution < -0.4 is 20.7 Å². The molecule has 234 valence electrons. The lowest BCUT2D eigenvalue weighted by Crippen LogP contribution is -2.48. The second-order valence-corrected chi connectivity index (χ2v) is 11.4. The lowest BCUT2D eigenvalue weighted by atomic mass is 9.95. The molecule has 3 aromatic rings. The Morgan fingerprint density at radius 2 is 1.91 bits per heavy atom. The number of β-amino-alcohol motifs (C(OH)–C–C–N with tert-alkyl or cyclic N) is 1. The summed E-state index contributed by atoms with van der Waals surface area (Å²) in [6.45, 7) is 0.493. The fourth-order valence-corrected chi connectivity index (χ4v) is 5.87. The first-order chi connectivity index (χ1) is 21.1. The normalized spacial score (nSPS) is 18.7. The molecule has 11 nitrogen and oxygen atoms in total. The first-order valence-corrected chi connectivity index (χ1v) is 14.6. The standard InChI is InChI=1S/C29H30Cl2F2N6O5/c1-38-21(18-4-5-23(44-14-32)25(33)24(18)31)12-35-26(38)28(42)36-16-2-3-17(19(30)10-16)29(43)39-8-6-15(7-9-39)27(41)37-20-11-34-13-22(20)40/h2-5,10,12,15,20,22,34,40H,6-9,11,13-14H2,1H3,(H,36,42)(H,37,41)/t20-,22-/m1/s1. The predicted octanol–water partition coefficient (Wildman–Crippen LogP) is 3.39. The maximum Gasteiger partial charge on any atom is 0.291 e. The number of anilines is 1. The number of hydrogen-bond donors (Lipinski definition) is 4. The van der Waals surface area contributed by atoms with Crippen LogP contribution in [0.15, 0.2) is 36.5 Å². The molecule has 0 radical (unpaired) electrons. The molecule has 2 saturated heterocycles. The van der Waals surface area contributed by atoms with Gasteiger partial charge in [-0.05, 0) is 43.2 Å². The minimum absolute atomic E-state index is 0.0116. The molecular weight excluding hydrogens is 621 g/mol. The highest BCUT2D eigenvalue weighted by molar-refractivity contribution is 6.34. The molecule has 5 rings (SSSR count). The molecule has 2 fully saturated rings. The number of ether oxygens (including phenoxy) is 1. The number of amides is 3. The quantitative estimate of drug-likeness (QED) is 0.293. The van der Waals surface area contributed by atoms with E-state index in [0.29, 0.717) is 50.4 Å². The number of halogens is 4. The third kappa shape index (κ3) is 6.50. The Labute approximate surface area is 261 Å². The molecule has 0 bridgehead atoms. The lowest BCUT2D eigenvalue weighted by molar-refractivity contribution is -0.127. The van der Waals surface area contributed by atoms with E-state index in [4.69, 9.17) is 23.2 Å². The Bertz CT molecular complexity index is 1580. The molecular formula is C29H30Cl2F2N6O5. The maximum atomic E-state index is 14.5. The van der Waals surface area contributed by atoms with Gasteiger partial charge < -0.3 is 35.3 Å². The highest BCUT2D eigenvalue weighted by atomic mass is 35.5. The minimum atomic E-state index is -1.22. The monoisotopic (exact) mass is 650 g/mol. The number of benzene rings is 2. The van der Waals surface area contributed by atoms with Gasteiger partial charge in [0.2, 0.25) is 12.8 Å². The van der Waals surface area contributed by atoms with Gasteiger partial charge in [-0.2, -0.15) is 0 Å². The van der Waals surface area contributed by atoms with Gasteiger partial charge in [0.15, 0.2) is 17.4 Å². The van der Waals surface area contributed by atoms with Gasteiger partial charge in [0.05, 0.1) is 39.6 Å². The molecule has 2 aromatic carbocycles. The average Bonchev–Trinajstić information content (AvgIpc) is 3.60. The fourth-order valence-electron chi connectivity index (χ4n) is 5.35. The van der Waals surface area contributed by atoms with Crippen molar-refractivity contribution in [2.75, 3.05) is 38.4 Å². The minimum Gasteiger partial charge on any atom is -0.460 e. The van der Waals surface area contributed by atoms with Crippen molar-refractivity contribution in [2.24, 2.45) is 13.0 Å². The van der Waals surface area contributed by atoms with Crippen molar-refractivity contribution in [1.82, 2.24) is 25.1 Å². The van der Waals surface area contributed by atoms with Crippen LogP contribution in [0.3, 0.4) is 0 Å². The summed E-state index contributed by atoms with van der Waals surface area (Å²) in [6, 6.07) is 6.85. The molecule has 3 heterocycles. The second kappa shape index (κ2) is 13.5. The van der Waals surface area contributed by atoms with Crippen LogP contribution in [0.1, 0.15) is 33.8 Å². The third-order valence-electron chi connectivity index (χ3n) is 7.84. The van der Waals surface area contributed by atoms with Crippen LogP contribution in [0.2, 0.25) is 10.0 Å². The van der Waals surface area contributed by atoms with Gasteiger partial charge in [-0.3, -0.25) is 14.4 Å². The summed E-state index contributed by atoms with van der Waals surface area (Å²) in [7, 11) is 1.55. The summed E-state index contributed by atoms with van der Waals surface area (Å²) in [5.74, 6) is -2.55. The average molecular weight is 651 g/mol. The summed E-state index contributed by atoms with van der Waals surface area (Å²) in [5.41, 5.74) is 1.13. The van der Waals surface area contributed by atoms with Crippen LogP contribution in [0, 0.1) is 11.7 Å². The van der Waals surface area contributed by atoms with Crippen molar-refractivity contribution in [3.05, 3.63) is 63.8 Å². The van der Waals surface area contributed by atoms with Gasteiger partial charge >= 0.3 is 0 Å². The Balaban J connectivity index is 1.20. The van der Waals surface area contributed by atoms with Crippen LogP contribution in [-0.4, -0.2) is 82.5 Å². The van der Waals surface area contributed by atoms with Crippen molar-refractivity contribution in [3.8, 4) is 17.0 Å². The number of nitrogens with zero attached hydrogens (tertiary/aromatic N) is 3. The fraction of sp³-hybridized carbons (Fsp3) is 0.379. The molecule has 0 spiro atoms. The van der Waals surface area contributed by atoms with Crippen LogP contribution >= 0.6 is 23.2 Å². The Hall–Kier alpha value is -3.78. The third-order valence-corrected chi connectivity index (χ3v) is 8.53. The number of likely N-dealkylation sites (tertiary alicyclic amines) is 1. The molecule has 0 unspecified atom stereocenters. The number of piperidine rings is 1. The predicted molar refractivity (Wildman–Crippen MR) is 159 cm³/mol. The molecule has 44 heavy (non-hydrogen) atoms. The van der Waals surface area contributed by atoms with E-state index in [-0.39, 0.29) is 56.5 Å². The van der Waals surface area contributed by atoms with Gasteiger partial charge in [0.25, 0.3) is 11.8 Å². The summed E-state index contributed by atoms with van der Waals surface area (Å²) in [5, 5.41) is 18.3. The zero-order valence-electron chi connectivity index (χ0n) is 23.6. The number of nitrogens with one attached hydrogen (secondary N) is 3. The van der Waals surface area contributed by atoms with E-state index in [0.717, 1.165) is 0 Å². The summed E-state index contributed by atoms with van der Waals surface area (Å²) in [4.78, 5) is 44.6. The zero-order valence-corrected chi connectivity index (χ0v) is 25.1. The smallest absolute Gasteiger partial charge is 0.291 e. The molecule has 0 aliphatic carbocycles. The van der Waals surface area contributed by atoms with Crippen molar-refractivity contribution in [2.45, 2.75) is 25.0 Å². The molecule has 2 atom stereocenters. The maximum absolute atomic E-state index is 14.5. The van der Waals surface area contributed by atoms with Crippen molar-refractivity contribution < 1.29 is 33.0 Å². The van der Waals surface area contributed by atoms with Crippen LogP contribution in [0.25, 0.3) is 11.3 Å². The molecule has 15 heteroatoms. The number of carbonyl (C=O) groups excluding carboxylic acids is 3. The van der Waals surface area contributed by atoms with E-state index >= 15 is 0 Å². The number of alkyl halides is 1. The molecule has 2 aliphatic rings. The summed E-state index contributed by atoms with van der Waals surface area (Å²) < 4.78 is 33.0. The number of aromatic nitrogens is 2. The lowest BCUT2D eigenvalue weighted by Gasteiger charge is -2.32. The van der Waals surface area contributed by atoms with Crippen molar-refractivity contribution in [3.63, 3.8) is 0 Å². The largest absolute Gasteiger partial charge is 0.460 e. The van der Waals surface area contributed by atoms with E-state index in [9.17, 15) is 28.3 Å². The summed E-state index contributed by atoms with van der Waals surface area (Å²) >= 11 is 12.6. The van der Waals surface area contributed by atoms with E-state index in [1.165, 1.54) is 41.1 Å². The van der Waals surface area contributed by atoms with Gasteiger partial charge in [0, 0.05) is 50.4 Å². The number of hydrogen-bond acceptors (Lipinski definition) is 7. The van der Waals surface area contributed by atoms with Gasteiger partial charge in [0.1, 0.15) is 0 Å². The zero-order chi connectivity index (χ0) is 31.5. The Morgan fingerprint density at radius 1 is 1.16 bits per heavy atom. The topological polar surface area (TPSA) is 138 Å². The molecule has 0 saturated carbocycles. The Kier molecular flexibility index (Phi) is 9.68. The van der Waals surface area contributed by atoms with Crippen LogP contribution in [0.5, 0.6) is 5.75 Å². The van der Waals surface area contributed by atoms with Crippen molar-refractivity contribution >= 4 is 46.6 Å². The number of rotatable bonds is 8. The van der Waals surface area contributed by atoms with Crippen LogP contribution in [0.4, 0.5) is 14.5 Å². The van der Waals surface area contributed by atoms with Gasteiger partial charge in [-0.15, -0.1) is 0 Å². The van der Waals surface area contributed by atoms with Gasteiger partial charge in [-0.1, -0.05) is 23.2 Å². The summed E-state index contributed by atoms with van der Waals surface area (Å²) in [6.07, 6.45) is 1.70. The molecule has 4 N–H and O–H groups in total. The molecule has 1 aromatic heterocycles. The van der Waals surface area contributed by atoms with E-state index in [2.05, 4.69) is 25.7 Å². The Morgan fingerprint density at radius 3 is 2.57 bits per heavy atom. The van der Waals surface area contributed by atoms with Gasteiger partial charge in [-0.25, -0.2) is 13.8 Å². The number of aliphatic hydroxyl groups excluding tert-OH is 1. The molecule has 2 aliphatic heterocycles. The number of aliphatic hydroxyl groups is 1. The van der Waals surface area contributed by atoms with Crippen LogP contribution in [-0.2, 0) is 11.8 Å². The number of imidazole rings is 1. The van der Waals surface area contributed by atoms with E-state index < -0.39 is 24.7 Å².